The number of nitro benzene ring substituents is 1. The van der Waals surface area contributed by atoms with Crippen molar-refractivity contribution >= 4 is 23.0 Å². The second-order valence-electron chi connectivity index (χ2n) is 5.45. The van der Waals surface area contributed by atoms with Gasteiger partial charge in [-0.3, -0.25) is 14.9 Å². The number of benzene rings is 2. The fourth-order valence-electron chi connectivity index (χ4n) is 2.24. The molecule has 2 rings (SSSR count). The van der Waals surface area contributed by atoms with E-state index >= 15 is 0 Å². The topological polar surface area (TPSA) is 117 Å². The molecule has 2 aromatic carbocycles. The van der Waals surface area contributed by atoms with E-state index in [4.69, 9.17) is 10.00 Å². The van der Waals surface area contributed by atoms with Gasteiger partial charge in [0.2, 0.25) is 0 Å². The first kappa shape index (κ1) is 21.2. The number of nitrogens with one attached hydrogen (secondary N) is 2. The van der Waals surface area contributed by atoms with Gasteiger partial charge in [0, 0.05) is 12.3 Å². The lowest BCUT2D eigenvalue weighted by Gasteiger charge is -2.13. The molecule has 0 aliphatic heterocycles. The molecule has 0 atom stereocenters. The summed E-state index contributed by atoms with van der Waals surface area (Å²) in [5.41, 5.74) is -2.07. The Labute approximate surface area is 162 Å². The van der Waals surface area contributed by atoms with Crippen molar-refractivity contribution in [3.63, 3.8) is 0 Å². The van der Waals surface area contributed by atoms with Crippen LogP contribution in [0.25, 0.3) is 0 Å². The van der Waals surface area contributed by atoms with Crippen LogP contribution in [-0.2, 0) is 11.0 Å². The van der Waals surface area contributed by atoms with Gasteiger partial charge in [-0.2, -0.15) is 18.4 Å². The van der Waals surface area contributed by atoms with Gasteiger partial charge in [0.1, 0.15) is 17.4 Å². The number of non-ortho nitro benzene ring substituents is 1. The van der Waals surface area contributed by atoms with Gasteiger partial charge in [-0.25, -0.2) is 0 Å². The number of nitrogens with zero attached hydrogens (tertiary/aromatic N) is 2. The van der Waals surface area contributed by atoms with Crippen molar-refractivity contribution in [2.24, 2.45) is 0 Å². The van der Waals surface area contributed by atoms with Crippen molar-refractivity contribution in [1.82, 2.24) is 0 Å². The molecule has 0 aliphatic carbocycles. The van der Waals surface area contributed by atoms with Gasteiger partial charge in [0.15, 0.2) is 0 Å². The van der Waals surface area contributed by atoms with Crippen LogP contribution in [0.15, 0.2) is 54.2 Å². The molecular formula is C18H13F3N4O4. The molecule has 0 spiro atoms. The van der Waals surface area contributed by atoms with Gasteiger partial charge < -0.3 is 15.4 Å². The fourth-order valence-corrected chi connectivity index (χ4v) is 2.24. The van der Waals surface area contributed by atoms with Gasteiger partial charge >= 0.3 is 6.18 Å². The minimum absolute atomic E-state index is 0.0276. The average molecular weight is 406 g/mol. The van der Waals surface area contributed by atoms with Crippen molar-refractivity contribution in [3.05, 3.63) is 69.9 Å². The minimum atomic E-state index is -4.63. The first-order valence-corrected chi connectivity index (χ1v) is 7.84. The van der Waals surface area contributed by atoms with Crippen LogP contribution in [0.1, 0.15) is 5.56 Å². The van der Waals surface area contributed by atoms with Gasteiger partial charge in [0.25, 0.3) is 11.6 Å². The third kappa shape index (κ3) is 5.23. The van der Waals surface area contributed by atoms with Crippen LogP contribution in [0.5, 0.6) is 5.75 Å². The molecule has 0 heterocycles. The monoisotopic (exact) mass is 406 g/mol. The van der Waals surface area contributed by atoms with Crippen molar-refractivity contribution in [2.75, 3.05) is 17.7 Å². The van der Waals surface area contributed by atoms with Gasteiger partial charge in [0.05, 0.1) is 35.0 Å². The number of carbonyl (C=O) groups excluding carboxylic acids is 1. The van der Waals surface area contributed by atoms with Crippen LogP contribution < -0.4 is 15.4 Å². The van der Waals surface area contributed by atoms with Crippen LogP contribution in [0.3, 0.4) is 0 Å². The number of ether oxygens (including phenoxy) is 1. The van der Waals surface area contributed by atoms with Crippen LogP contribution in [-0.4, -0.2) is 17.9 Å². The Morgan fingerprint density at radius 2 is 1.93 bits per heavy atom. The van der Waals surface area contributed by atoms with Gasteiger partial charge in [-0.15, -0.1) is 0 Å². The molecule has 0 unspecified atom stereocenters. The number of para-hydroxylation sites is 1. The van der Waals surface area contributed by atoms with Gasteiger partial charge in [-0.05, 0) is 18.2 Å². The number of alkyl halides is 3. The van der Waals surface area contributed by atoms with E-state index in [9.17, 15) is 28.1 Å². The Morgan fingerprint density at radius 3 is 2.52 bits per heavy atom. The number of rotatable bonds is 6. The number of nitro groups is 1. The SMILES string of the molecule is COc1cc([N+](=O)[O-])ccc1NC(=O)/C(C#N)=C\Nc1ccccc1C(F)(F)F. The molecule has 1 amide bonds. The summed E-state index contributed by atoms with van der Waals surface area (Å²) in [7, 11) is 1.23. The van der Waals surface area contributed by atoms with E-state index in [1.54, 1.807) is 6.07 Å². The summed E-state index contributed by atoms with van der Waals surface area (Å²) in [6.45, 7) is 0. The maximum absolute atomic E-state index is 13.0. The Morgan fingerprint density at radius 1 is 1.24 bits per heavy atom. The van der Waals surface area contributed by atoms with Crippen molar-refractivity contribution in [2.45, 2.75) is 6.18 Å². The predicted molar refractivity (Wildman–Crippen MR) is 97.0 cm³/mol. The lowest BCUT2D eigenvalue weighted by molar-refractivity contribution is -0.384. The standard InChI is InChI=1S/C18H13F3N4O4/c1-29-16-8-12(25(27)28)6-7-15(16)24-17(26)11(9-22)10-23-14-5-3-2-4-13(14)18(19,20)21/h2-8,10,23H,1H3,(H,24,26)/b11-10-. The third-order valence-electron chi connectivity index (χ3n) is 3.61. The Kier molecular flexibility index (Phi) is 6.40. The summed E-state index contributed by atoms with van der Waals surface area (Å²) in [5, 5.41) is 24.6. The number of hydrogen-bond donors (Lipinski definition) is 2. The van der Waals surface area contributed by atoms with Crippen LogP contribution in [0.2, 0.25) is 0 Å². The summed E-state index contributed by atoms with van der Waals surface area (Å²) < 4.78 is 44.0. The number of methoxy groups -OCH3 is 1. The fraction of sp³-hybridized carbons (Fsp3) is 0.111. The van der Waals surface area contributed by atoms with Crippen molar-refractivity contribution in [1.29, 1.82) is 5.26 Å². The van der Waals surface area contributed by atoms with Crippen molar-refractivity contribution < 1.29 is 27.6 Å². The lowest BCUT2D eigenvalue weighted by atomic mass is 10.1. The normalized spacial score (nSPS) is 11.3. The number of carbonyl (C=O) groups is 1. The zero-order valence-electron chi connectivity index (χ0n) is 14.8. The molecular weight excluding hydrogens is 393 g/mol. The maximum atomic E-state index is 13.0. The zero-order chi connectivity index (χ0) is 21.6. The summed E-state index contributed by atoms with van der Waals surface area (Å²) in [6.07, 6.45) is -3.80. The highest BCUT2D eigenvalue weighted by Crippen LogP contribution is 2.34. The highest BCUT2D eigenvalue weighted by Gasteiger charge is 2.33. The molecule has 29 heavy (non-hydrogen) atoms. The highest BCUT2D eigenvalue weighted by molar-refractivity contribution is 6.07. The smallest absolute Gasteiger partial charge is 0.418 e. The van der Waals surface area contributed by atoms with E-state index in [0.29, 0.717) is 0 Å². The van der Waals surface area contributed by atoms with Gasteiger partial charge in [-0.1, -0.05) is 12.1 Å². The number of nitriles is 1. The summed E-state index contributed by atoms with van der Waals surface area (Å²) >= 11 is 0. The van der Waals surface area contributed by atoms with Crippen LogP contribution >= 0.6 is 0 Å². The van der Waals surface area contributed by atoms with Crippen molar-refractivity contribution in [3.8, 4) is 11.8 Å². The minimum Gasteiger partial charge on any atom is -0.494 e. The number of amides is 1. The molecule has 0 aliphatic rings. The second kappa shape index (κ2) is 8.75. The maximum Gasteiger partial charge on any atom is 0.418 e. The summed E-state index contributed by atoms with van der Waals surface area (Å²) in [6, 6.07) is 9.53. The Bertz CT molecular complexity index is 1010. The summed E-state index contributed by atoms with van der Waals surface area (Å²) in [4.78, 5) is 22.4. The molecule has 0 fully saturated rings. The van der Waals surface area contributed by atoms with E-state index in [1.807, 2.05) is 0 Å². The Hall–Kier alpha value is -4.07. The largest absolute Gasteiger partial charge is 0.494 e. The molecule has 2 aromatic rings. The molecule has 0 radical (unpaired) electrons. The highest BCUT2D eigenvalue weighted by atomic mass is 19.4. The quantitative estimate of drug-likeness (QED) is 0.323. The lowest BCUT2D eigenvalue weighted by Crippen LogP contribution is -2.16. The molecule has 11 heteroatoms. The first-order valence-electron chi connectivity index (χ1n) is 7.84. The van der Waals surface area contributed by atoms with Crippen LogP contribution in [0, 0.1) is 21.4 Å². The molecule has 2 N–H and O–H groups in total. The van der Waals surface area contributed by atoms with E-state index < -0.39 is 28.1 Å². The second-order valence-corrected chi connectivity index (χ2v) is 5.45. The van der Waals surface area contributed by atoms with E-state index in [-0.39, 0.29) is 22.8 Å². The Balaban J connectivity index is 2.25. The molecule has 0 saturated carbocycles. The number of anilines is 2. The average Bonchev–Trinajstić information content (AvgIpc) is 2.68. The summed E-state index contributed by atoms with van der Waals surface area (Å²) in [5.74, 6) is -0.975. The molecule has 8 nitrogen and oxygen atoms in total. The van der Waals surface area contributed by atoms with E-state index in [1.165, 1.54) is 25.3 Å². The molecule has 0 bridgehead atoms. The van der Waals surface area contributed by atoms with E-state index in [0.717, 1.165) is 30.5 Å². The van der Waals surface area contributed by atoms with Crippen LogP contribution in [0.4, 0.5) is 30.2 Å². The first-order chi connectivity index (χ1) is 13.7. The third-order valence-corrected chi connectivity index (χ3v) is 3.61. The van der Waals surface area contributed by atoms with E-state index in [2.05, 4.69) is 10.6 Å². The number of halogens is 3. The predicted octanol–water partition coefficient (Wildman–Crippen LogP) is 4.08. The molecule has 0 aromatic heterocycles. The zero-order valence-corrected chi connectivity index (χ0v) is 14.8. The molecule has 0 saturated heterocycles. The molecule has 150 valence electrons. The number of hydrogen-bond acceptors (Lipinski definition) is 6.